The molecule has 0 aromatic heterocycles. The SMILES string of the molecule is O=C(CNc1ccc(Cl)cc1)N/N=C/c1ccc(F)c(Br)c1. The van der Waals surface area contributed by atoms with E-state index in [1.807, 2.05) is 0 Å². The van der Waals surface area contributed by atoms with Crippen molar-refractivity contribution < 1.29 is 9.18 Å². The Hall–Kier alpha value is -1.92. The van der Waals surface area contributed by atoms with Crippen molar-refractivity contribution in [1.29, 1.82) is 0 Å². The van der Waals surface area contributed by atoms with Crippen molar-refractivity contribution in [2.45, 2.75) is 0 Å². The molecule has 0 saturated carbocycles. The fourth-order valence-corrected chi connectivity index (χ4v) is 2.08. The van der Waals surface area contributed by atoms with Gasteiger partial charge in [-0.05, 0) is 57.9 Å². The Morgan fingerprint density at radius 3 is 2.68 bits per heavy atom. The van der Waals surface area contributed by atoms with Gasteiger partial charge in [-0.3, -0.25) is 4.79 Å². The molecule has 0 aliphatic carbocycles. The van der Waals surface area contributed by atoms with Crippen LogP contribution in [-0.4, -0.2) is 18.7 Å². The molecule has 0 fully saturated rings. The Morgan fingerprint density at radius 2 is 2.00 bits per heavy atom. The van der Waals surface area contributed by atoms with E-state index in [1.165, 1.54) is 12.3 Å². The number of anilines is 1. The molecule has 22 heavy (non-hydrogen) atoms. The van der Waals surface area contributed by atoms with Crippen LogP contribution in [0.15, 0.2) is 52.0 Å². The highest BCUT2D eigenvalue weighted by Gasteiger charge is 2.00. The van der Waals surface area contributed by atoms with Gasteiger partial charge < -0.3 is 5.32 Å². The topological polar surface area (TPSA) is 53.5 Å². The Morgan fingerprint density at radius 1 is 1.27 bits per heavy atom. The van der Waals surface area contributed by atoms with Gasteiger partial charge in [0.25, 0.3) is 5.91 Å². The molecule has 7 heteroatoms. The van der Waals surface area contributed by atoms with E-state index in [1.54, 1.807) is 36.4 Å². The van der Waals surface area contributed by atoms with Gasteiger partial charge in [-0.1, -0.05) is 17.7 Å². The van der Waals surface area contributed by atoms with Crippen LogP contribution in [0.3, 0.4) is 0 Å². The molecule has 0 radical (unpaired) electrons. The third-order valence-corrected chi connectivity index (χ3v) is 3.50. The zero-order chi connectivity index (χ0) is 15.9. The molecule has 0 aliphatic rings. The maximum absolute atomic E-state index is 13.1. The van der Waals surface area contributed by atoms with Gasteiger partial charge in [0.15, 0.2) is 0 Å². The molecular weight excluding hydrogens is 373 g/mol. The van der Waals surface area contributed by atoms with E-state index in [9.17, 15) is 9.18 Å². The lowest BCUT2D eigenvalue weighted by molar-refractivity contribution is -0.119. The lowest BCUT2D eigenvalue weighted by atomic mass is 10.2. The van der Waals surface area contributed by atoms with E-state index < -0.39 is 0 Å². The number of nitrogens with one attached hydrogen (secondary N) is 2. The molecule has 2 rings (SSSR count). The van der Waals surface area contributed by atoms with Crippen molar-refractivity contribution in [3.05, 3.63) is 63.3 Å². The van der Waals surface area contributed by atoms with Crippen molar-refractivity contribution >= 4 is 45.3 Å². The summed E-state index contributed by atoms with van der Waals surface area (Å²) in [4.78, 5) is 11.6. The van der Waals surface area contributed by atoms with E-state index in [0.717, 1.165) is 5.69 Å². The number of nitrogens with zero attached hydrogens (tertiary/aromatic N) is 1. The average molecular weight is 385 g/mol. The zero-order valence-corrected chi connectivity index (χ0v) is 13.7. The highest BCUT2D eigenvalue weighted by Crippen LogP contribution is 2.15. The van der Waals surface area contributed by atoms with Crippen LogP contribution in [0.2, 0.25) is 5.02 Å². The van der Waals surface area contributed by atoms with Gasteiger partial charge in [0.1, 0.15) is 5.82 Å². The summed E-state index contributed by atoms with van der Waals surface area (Å²) in [6.07, 6.45) is 1.43. The number of halogens is 3. The van der Waals surface area contributed by atoms with Crippen molar-refractivity contribution in [3.63, 3.8) is 0 Å². The molecule has 4 nitrogen and oxygen atoms in total. The zero-order valence-electron chi connectivity index (χ0n) is 11.3. The van der Waals surface area contributed by atoms with E-state index in [0.29, 0.717) is 15.1 Å². The predicted octanol–water partition coefficient (Wildman–Crippen LogP) is 3.80. The Labute approximate surface area is 140 Å². The molecule has 2 N–H and O–H groups in total. The van der Waals surface area contributed by atoms with Gasteiger partial charge in [0.05, 0.1) is 17.2 Å². The van der Waals surface area contributed by atoms with E-state index in [-0.39, 0.29) is 18.3 Å². The summed E-state index contributed by atoms with van der Waals surface area (Å²) in [7, 11) is 0. The molecule has 114 valence electrons. The Kier molecular flexibility index (Phi) is 5.91. The third-order valence-electron chi connectivity index (χ3n) is 2.64. The van der Waals surface area contributed by atoms with Crippen LogP contribution in [0, 0.1) is 5.82 Å². The van der Waals surface area contributed by atoms with Crippen LogP contribution in [0.4, 0.5) is 10.1 Å². The van der Waals surface area contributed by atoms with Gasteiger partial charge in [-0.15, -0.1) is 0 Å². The van der Waals surface area contributed by atoms with Crippen LogP contribution in [0.1, 0.15) is 5.56 Å². The maximum atomic E-state index is 13.1. The van der Waals surface area contributed by atoms with Crippen molar-refractivity contribution in [2.24, 2.45) is 5.10 Å². The van der Waals surface area contributed by atoms with Gasteiger partial charge >= 0.3 is 0 Å². The molecule has 0 spiro atoms. The van der Waals surface area contributed by atoms with E-state index in [2.05, 4.69) is 31.8 Å². The normalized spacial score (nSPS) is 10.7. The minimum absolute atomic E-state index is 0.0755. The summed E-state index contributed by atoms with van der Waals surface area (Å²) in [6.45, 7) is 0.0755. The smallest absolute Gasteiger partial charge is 0.259 e. The fourth-order valence-electron chi connectivity index (χ4n) is 1.56. The summed E-state index contributed by atoms with van der Waals surface area (Å²) in [5, 5.41) is 7.37. The van der Waals surface area contributed by atoms with Gasteiger partial charge in [-0.2, -0.15) is 5.10 Å². The lowest BCUT2D eigenvalue weighted by Crippen LogP contribution is -2.25. The summed E-state index contributed by atoms with van der Waals surface area (Å²) in [6, 6.07) is 11.4. The molecule has 0 heterocycles. The quantitative estimate of drug-likeness (QED) is 0.608. The standard InChI is InChI=1S/C15H12BrClFN3O/c16-13-7-10(1-6-14(13)18)8-20-21-15(22)9-19-12-4-2-11(17)3-5-12/h1-8,19H,9H2,(H,21,22)/b20-8+. The minimum Gasteiger partial charge on any atom is -0.376 e. The minimum atomic E-state index is -0.353. The first-order valence-electron chi connectivity index (χ1n) is 6.31. The summed E-state index contributed by atoms with van der Waals surface area (Å²) in [5.41, 5.74) is 3.83. The third kappa shape index (κ3) is 5.13. The second kappa shape index (κ2) is 7.91. The summed E-state index contributed by atoms with van der Waals surface area (Å²) < 4.78 is 13.4. The summed E-state index contributed by atoms with van der Waals surface area (Å²) >= 11 is 8.85. The van der Waals surface area contributed by atoms with Crippen LogP contribution < -0.4 is 10.7 Å². The number of rotatable bonds is 5. The van der Waals surface area contributed by atoms with Gasteiger partial charge in [0, 0.05) is 10.7 Å². The Bertz CT molecular complexity index is 692. The van der Waals surface area contributed by atoms with E-state index >= 15 is 0 Å². The maximum Gasteiger partial charge on any atom is 0.259 e. The van der Waals surface area contributed by atoms with Gasteiger partial charge in [-0.25, -0.2) is 9.82 Å². The second-order valence-electron chi connectivity index (χ2n) is 4.33. The van der Waals surface area contributed by atoms with Crippen LogP contribution >= 0.6 is 27.5 Å². The second-order valence-corrected chi connectivity index (χ2v) is 5.62. The van der Waals surface area contributed by atoms with Crippen LogP contribution in [0.25, 0.3) is 0 Å². The van der Waals surface area contributed by atoms with Gasteiger partial charge in [0.2, 0.25) is 0 Å². The first-order chi connectivity index (χ1) is 10.5. The first kappa shape index (κ1) is 16.5. The molecule has 1 amide bonds. The molecule has 0 bridgehead atoms. The Balaban J connectivity index is 1.80. The highest BCUT2D eigenvalue weighted by atomic mass is 79.9. The molecule has 0 unspecified atom stereocenters. The summed E-state index contributed by atoms with van der Waals surface area (Å²) in [5.74, 6) is -0.652. The fraction of sp³-hybridized carbons (Fsp3) is 0.0667. The largest absolute Gasteiger partial charge is 0.376 e. The molecule has 2 aromatic carbocycles. The molecule has 0 saturated heterocycles. The number of hydrazone groups is 1. The average Bonchev–Trinajstić information content (AvgIpc) is 2.50. The molecule has 2 aromatic rings. The highest BCUT2D eigenvalue weighted by molar-refractivity contribution is 9.10. The van der Waals surface area contributed by atoms with Crippen molar-refractivity contribution in [3.8, 4) is 0 Å². The van der Waals surface area contributed by atoms with Crippen LogP contribution in [-0.2, 0) is 4.79 Å². The van der Waals surface area contributed by atoms with Crippen molar-refractivity contribution in [2.75, 3.05) is 11.9 Å². The van der Waals surface area contributed by atoms with Crippen molar-refractivity contribution in [1.82, 2.24) is 5.43 Å². The number of amides is 1. The molecule has 0 aliphatic heterocycles. The number of hydrogen-bond acceptors (Lipinski definition) is 3. The van der Waals surface area contributed by atoms with Crippen LogP contribution in [0.5, 0.6) is 0 Å². The monoisotopic (exact) mass is 383 g/mol. The first-order valence-corrected chi connectivity index (χ1v) is 7.48. The van der Waals surface area contributed by atoms with E-state index in [4.69, 9.17) is 11.6 Å². The number of benzene rings is 2. The predicted molar refractivity (Wildman–Crippen MR) is 89.8 cm³/mol. The number of hydrogen-bond donors (Lipinski definition) is 2. The molecule has 0 atom stereocenters. The lowest BCUT2D eigenvalue weighted by Gasteiger charge is -2.05. The number of carbonyl (C=O) groups excluding carboxylic acids is 1. The molecular formula is C15H12BrClFN3O. The number of carbonyl (C=O) groups is 1.